The molecule has 1 aromatic carbocycles. The van der Waals surface area contributed by atoms with Gasteiger partial charge in [-0.3, -0.25) is 0 Å². The van der Waals surface area contributed by atoms with Crippen LogP contribution in [0.5, 0.6) is 5.75 Å². The fourth-order valence-electron chi connectivity index (χ4n) is 1.56. The van der Waals surface area contributed by atoms with Crippen LogP contribution in [0, 0.1) is 0 Å². The molecule has 0 aliphatic rings. The van der Waals surface area contributed by atoms with Gasteiger partial charge in [0, 0.05) is 13.1 Å². The molecule has 3 heteroatoms. The zero-order valence-corrected chi connectivity index (χ0v) is 11.1. The maximum absolute atomic E-state index is 5.74. The van der Waals surface area contributed by atoms with Gasteiger partial charge in [-0.15, -0.1) is 0 Å². The van der Waals surface area contributed by atoms with Crippen molar-refractivity contribution in [3.05, 3.63) is 24.3 Å². The van der Waals surface area contributed by atoms with Crippen molar-refractivity contribution in [2.24, 2.45) is 0 Å². The van der Waals surface area contributed by atoms with Gasteiger partial charge in [0.25, 0.3) is 0 Å². The van der Waals surface area contributed by atoms with Gasteiger partial charge in [0.2, 0.25) is 0 Å². The third-order valence-corrected chi connectivity index (χ3v) is 2.29. The number of hydrogen-bond donors (Lipinski definition) is 2. The molecule has 1 rings (SSSR count). The molecule has 0 aliphatic carbocycles. The van der Waals surface area contributed by atoms with E-state index in [0.29, 0.717) is 0 Å². The first-order valence-electron chi connectivity index (χ1n) is 6.44. The molecule has 3 nitrogen and oxygen atoms in total. The molecular weight excluding hydrogens is 212 g/mol. The Hall–Kier alpha value is -1.22. The van der Waals surface area contributed by atoms with Crippen molar-refractivity contribution in [3.63, 3.8) is 0 Å². The molecule has 0 saturated carbocycles. The van der Waals surface area contributed by atoms with E-state index in [1.807, 2.05) is 32.0 Å². The molecule has 2 N–H and O–H groups in total. The molecule has 0 heterocycles. The Kier molecular flexibility index (Phi) is 6.48. The minimum atomic E-state index is 0.205. The molecule has 0 aromatic heterocycles. The molecule has 0 aliphatic heterocycles. The van der Waals surface area contributed by atoms with Crippen LogP contribution >= 0.6 is 0 Å². The van der Waals surface area contributed by atoms with E-state index >= 15 is 0 Å². The lowest BCUT2D eigenvalue weighted by atomic mass is 10.3. The summed E-state index contributed by atoms with van der Waals surface area (Å²) in [5, 5.41) is 6.75. The van der Waals surface area contributed by atoms with Crippen LogP contribution in [0.15, 0.2) is 24.3 Å². The molecular formula is C14H24N2O. The van der Waals surface area contributed by atoms with Crippen LogP contribution in [-0.2, 0) is 0 Å². The van der Waals surface area contributed by atoms with E-state index in [1.165, 1.54) is 6.42 Å². The predicted molar refractivity (Wildman–Crippen MR) is 73.9 cm³/mol. The second kappa shape index (κ2) is 7.96. The molecule has 0 bridgehead atoms. The molecule has 0 unspecified atom stereocenters. The molecule has 0 fully saturated rings. The third-order valence-electron chi connectivity index (χ3n) is 2.29. The molecule has 96 valence electrons. The first-order valence-corrected chi connectivity index (χ1v) is 6.44. The van der Waals surface area contributed by atoms with Gasteiger partial charge in [0.1, 0.15) is 5.75 Å². The standard InChI is InChI=1S/C14H24N2O/c1-4-9-15-10-11-16-13-7-5-6-8-14(13)17-12(2)3/h5-8,12,15-16H,4,9-11H2,1-3H3. The van der Waals surface area contributed by atoms with Crippen LogP contribution in [0.25, 0.3) is 0 Å². The van der Waals surface area contributed by atoms with Crippen LogP contribution < -0.4 is 15.4 Å². The molecule has 0 atom stereocenters. The van der Waals surface area contributed by atoms with Gasteiger partial charge in [-0.1, -0.05) is 19.1 Å². The number of hydrogen-bond acceptors (Lipinski definition) is 3. The van der Waals surface area contributed by atoms with Gasteiger partial charge in [-0.2, -0.15) is 0 Å². The van der Waals surface area contributed by atoms with Crippen molar-refractivity contribution in [2.75, 3.05) is 25.0 Å². The van der Waals surface area contributed by atoms with Gasteiger partial charge in [-0.25, -0.2) is 0 Å². The van der Waals surface area contributed by atoms with Crippen molar-refractivity contribution in [1.29, 1.82) is 0 Å². The van der Waals surface area contributed by atoms with Crippen molar-refractivity contribution < 1.29 is 4.74 Å². The molecule has 1 aromatic rings. The highest BCUT2D eigenvalue weighted by Gasteiger charge is 2.03. The average Bonchev–Trinajstić information content (AvgIpc) is 2.30. The minimum Gasteiger partial charge on any atom is -0.489 e. The highest BCUT2D eigenvalue weighted by atomic mass is 16.5. The van der Waals surface area contributed by atoms with Crippen molar-refractivity contribution in [2.45, 2.75) is 33.3 Å². The smallest absolute Gasteiger partial charge is 0.142 e. The zero-order chi connectivity index (χ0) is 12.5. The lowest BCUT2D eigenvalue weighted by Crippen LogP contribution is -2.23. The van der Waals surface area contributed by atoms with Gasteiger partial charge in [0.15, 0.2) is 0 Å². The van der Waals surface area contributed by atoms with Crippen LogP contribution in [0.4, 0.5) is 5.69 Å². The maximum Gasteiger partial charge on any atom is 0.142 e. The van der Waals surface area contributed by atoms with Crippen molar-refractivity contribution in [1.82, 2.24) is 5.32 Å². The largest absolute Gasteiger partial charge is 0.489 e. The minimum absolute atomic E-state index is 0.205. The van der Waals surface area contributed by atoms with Gasteiger partial charge in [0.05, 0.1) is 11.8 Å². The summed E-state index contributed by atoms with van der Waals surface area (Å²) < 4.78 is 5.74. The summed E-state index contributed by atoms with van der Waals surface area (Å²) in [5.41, 5.74) is 1.07. The lowest BCUT2D eigenvalue weighted by molar-refractivity contribution is 0.243. The van der Waals surface area contributed by atoms with E-state index in [4.69, 9.17) is 4.74 Å². The molecule has 17 heavy (non-hydrogen) atoms. The van der Waals surface area contributed by atoms with Crippen LogP contribution in [0.1, 0.15) is 27.2 Å². The summed E-state index contributed by atoms with van der Waals surface area (Å²) in [7, 11) is 0. The number of benzene rings is 1. The normalized spacial score (nSPS) is 10.6. The fourth-order valence-corrected chi connectivity index (χ4v) is 1.56. The monoisotopic (exact) mass is 236 g/mol. The first kappa shape index (κ1) is 13.8. The highest BCUT2D eigenvalue weighted by molar-refractivity contribution is 5.56. The molecule has 0 radical (unpaired) electrons. The second-order valence-electron chi connectivity index (χ2n) is 4.34. The summed E-state index contributed by atoms with van der Waals surface area (Å²) in [6.45, 7) is 9.22. The van der Waals surface area contributed by atoms with Gasteiger partial charge >= 0.3 is 0 Å². The number of ether oxygens (including phenoxy) is 1. The first-order chi connectivity index (χ1) is 8.24. The summed E-state index contributed by atoms with van der Waals surface area (Å²) in [6, 6.07) is 8.08. The number of rotatable bonds is 8. The highest BCUT2D eigenvalue weighted by Crippen LogP contribution is 2.24. The van der Waals surface area contributed by atoms with Crippen LogP contribution in [-0.4, -0.2) is 25.7 Å². The van der Waals surface area contributed by atoms with E-state index in [-0.39, 0.29) is 6.10 Å². The fraction of sp³-hybridized carbons (Fsp3) is 0.571. The van der Waals surface area contributed by atoms with Crippen molar-refractivity contribution >= 4 is 5.69 Å². The van der Waals surface area contributed by atoms with Gasteiger partial charge < -0.3 is 15.4 Å². The summed E-state index contributed by atoms with van der Waals surface area (Å²) in [4.78, 5) is 0. The number of anilines is 1. The second-order valence-corrected chi connectivity index (χ2v) is 4.34. The maximum atomic E-state index is 5.74. The van der Waals surface area contributed by atoms with E-state index in [9.17, 15) is 0 Å². The quantitative estimate of drug-likeness (QED) is 0.681. The Balaban J connectivity index is 2.40. The van der Waals surface area contributed by atoms with Crippen LogP contribution in [0.3, 0.4) is 0 Å². The third kappa shape index (κ3) is 5.59. The van der Waals surface area contributed by atoms with E-state index in [1.54, 1.807) is 0 Å². The molecule has 0 amide bonds. The Morgan fingerprint density at radius 2 is 1.88 bits per heavy atom. The number of para-hydroxylation sites is 2. The predicted octanol–water partition coefficient (Wildman–Crippen LogP) is 2.89. The van der Waals surface area contributed by atoms with Gasteiger partial charge in [-0.05, 0) is 38.9 Å². The van der Waals surface area contributed by atoms with E-state index < -0.39 is 0 Å². The molecule has 0 spiro atoms. The SMILES string of the molecule is CCCNCCNc1ccccc1OC(C)C. The Labute approximate surface area is 105 Å². The van der Waals surface area contributed by atoms with Crippen molar-refractivity contribution in [3.8, 4) is 5.75 Å². The average molecular weight is 236 g/mol. The topological polar surface area (TPSA) is 33.3 Å². The summed E-state index contributed by atoms with van der Waals surface area (Å²) in [6.07, 6.45) is 1.38. The summed E-state index contributed by atoms with van der Waals surface area (Å²) in [5.74, 6) is 0.929. The number of nitrogens with one attached hydrogen (secondary N) is 2. The molecule has 0 saturated heterocycles. The van der Waals surface area contributed by atoms with Crippen LogP contribution in [0.2, 0.25) is 0 Å². The Morgan fingerprint density at radius 3 is 2.59 bits per heavy atom. The zero-order valence-electron chi connectivity index (χ0n) is 11.1. The Bertz CT molecular complexity index is 313. The summed E-state index contributed by atoms with van der Waals surface area (Å²) >= 11 is 0. The Morgan fingerprint density at radius 1 is 1.12 bits per heavy atom. The van der Waals surface area contributed by atoms with E-state index in [0.717, 1.165) is 31.1 Å². The lowest BCUT2D eigenvalue weighted by Gasteiger charge is -2.15. The van der Waals surface area contributed by atoms with E-state index in [2.05, 4.69) is 23.6 Å².